The SMILES string of the molecule is C=C1CN(C)CC2(CCCC2)CN1/N=C\C. The lowest BCUT2D eigenvalue weighted by Gasteiger charge is -2.32. The summed E-state index contributed by atoms with van der Waals surface area (Å²) in [6.45, 7) is 9.32. The maximum Gasteiger partial charge on any atom is 0.0481 e. The third kappa shape index (κ3) is 2.29. The molecule has 1 aliphatic heterocycles. The number of hydrogen-bond acceptors (Lipinski definition) is 3. The van der Waals surface area contributed by atoms with Crippen molar-refractivity contribution in [3.05, 3.63) is 12.3 Å². The van der Waals surface area contributed by atoms with Crippen LogP contribution in [-0.2, 0) is 0 Å². The summed E-state index contributed by atoms with van der Waals surface area (Å²) in [6, 6.07) is 0. The highest BCUT2D eigenvalue weighted by Crippen LogP contribution is 2.41. The van der Waals surface area contributed by atoms with Crippen molar-refractivity contribution in [2.75, 3.05) is 26.7 Å². The Bertz CT molecular complexity index is 290. The van der Waals surface area contributed by atoms with Crippen LogP contribution in [-0.4, -0.2) is 42.8 Å². The zero-order chi connectivity index (χ0) is 11.6. The van der Waals surface area contributed by atoms with Crippen LogP contribution < -0.4 is 0 Å². The Morgan fingerprint density at radius 2 is 2.00 bits per heavy atom. The second-order valence-corrected chi connectivity index (χ2v) is 5.38. The Morgan fingerprint density at radius 3 is 2.62 bits per heavy atom. The van der Waals surface area contributed by atoms with Crippen LogP contribution in [0.15, 0.2) is 17.4 Å². The molecule has 2 rings (SSSR count). The number of nitrogens with zero attached hydrogens (tertiary/aromatic N) is 3. The fourth-order valence-corrected chi connectivity index (χ4v) is 3.20. The van der Waals surface area contributed by atoms with Gasteiger partial charge in [-0.15, -0.1) is 0 Å². The lowest BCUT2D eigenvalue weighted by Crippen LogP contribution is -2.36. The van der Waals surface area contributed by atoms with Crippen LogP contribution in [0.3, 0.4) is 0 Å². The molecule has 0 radical (unpaired) electrons. The minimum atomic E-state index is 0.459. The molecule has 1 aliphatic carbocycles. The highest BCUT2D eigenvalue weighted by Gasteiger charge is 2.39. The summed E-state index contributed by atoms with van der Waals surface area (Å²) in [4.78, 5) is 2.40. The van der Waals surface area contributed by atoms with Crippen molar-refractivity contribution in [1.29, 1.82) is 0 Å². The van der Waals surface area contributed by atoms with Gasteiger partial charge in [0.2, 0.25) is 0 Å². The van der Waals surface area contributed by atoms with E-state index in [1.807, 2.05) is 13.1 Å². The van der Waals surface area contributed by atoms with Crippen molar-refractivity contribution in [2.45, 2.75) is 32.6 Å². The van der Waals surface area contributed by atoms with Gasteiger partial charge in [0.15, 0.2) is 0 Å². The molecule has 1 saturated heterocycles. The molecule has 16 heavy (non-hydrogen) atoms. The third-order valence-electron chi connectivity index (χ3n) is 3.83. The smallest absolute Gasteiger partial charge is 0.0481 e. The van der Waals surface area contributed by atoms with Crippen LogP contribution in [0.2, 0.25) is 0 Å². The van der Waals surface area contributed by atoms with Crippen molar-refractivity contribution >= 4 is 6.21 Å². The highest BCUT2D eigenvalue weighted by atomic mass is 15.5. The summed E-state index contributed by atoms with van der Waals surface area (Å²) in [5.41, 5.74) is 1.59. The summed E-state index contributed by atoms with van der Waals surface area (Å²) in [5.74, 6) is 0. The first-order valence-electron chi connectivity index (χ1n) is 6.28. The molecule has 3 nitrogen and oxygen atoms in total. The highest BCUT2D eigenvalue weighted by molar-refractivity contribution is 5.53. The molecule has 0 bridgehead atoms. The van der Waals surface area contributed by atoms with E-state index in [4.69, 9.17) is 0 Å². The first-order chi connectivity index (χ1) is 7.65. The molecular formula is C13H23N3. The number of rotatable bonds is 1. The molecule has 1 heterocycles. The molecular weight excluding hydrogens is 198 g/mol. The fourth-order valence-electron chi connectivity index (χ4n) is 3.20. The van der Waals surface area contributed by atoms with Gasteiger partial charge < -0.3 is 0 Å². The number of hydrogen-bond donors (Lipinski definition) is 0. The van der Waals surface area contributed by atoms with Gasteiger partial charge in [0.25, 0.3) is 0 Å². The molecule has 2 fully saturated rings. The molecule has 90 valence electrons. The van der Waals surface area contributed by atoms with Gasteiger partial charge in [-0.2, -0.15) is 5.10 Å². The summed E-state index contributed by atoms with van der Waals surface area (Å²) in [5, 5.41) is 6.58. The van der Waals surface area contributed by atoms with E-state index >= 15 is 0 Å². The fraction of sp³-hybridized carbons (Fsp3) is 0.769. The largest absolute Gasteiger partial charge is 0.300 e. The van der Waals surface area contributed by atoms with E-state index in [1.165, 1.54) is 32.2 Å². The second kappa shape index (κ2) is 4.58. The first-order valence-corrected chi connectivity index (χ1v) is 6.28. The van der Waals surface area contributed by atoms with Gasteiger partial charge in [0, 0.05) is 37.0 Å². The molecule has 0 aromatic carbocycles. The van der Waals surface area contributed by atoms with Gasteiger partial charge >= 0.3 is 0 Å². The van der Waals surface area contributed by atoms with Crippen molar-refractivity contribution in [3.8, 4) is 0 Å². The quantitative estimate of drug-likeness (QED) is 0.633. The summed E-state index contributed by atoms with van der Waals surface area (Å²) >= 11 is 0. The van der Waals surface area contributed by atoms with E-state index < -0.39 is 0 Å². The summed E-state index contributed by atoms with van der Waals surface area (Å²) in [6.07, 6.45) is 7.33. The standard InChI is InChI=1S/C13H23N3/c1-4-14-16-11-13(7-5-6-8-13)10-15(3)9-12(16)2/h4H,2,5-11H2,1,3H3/b14-4-. The molecule has 3 heteroatoms. The monoisotopic (exact) mass is 221 g/mol. The van der Waals surface area contributed by atoms with Gasteiger partial charge in [-0.05, 0) is 26.8 Å². The first kappa shape index (κ1) is 11.6. The average molecular weight is 221 g/mol. The summed E-state index contributed by atoms with van der Waals surface area (Å²) < 4.78 is 0. The molecule has 0 unspecified atom stereocenters. The predicted octanol–water partition coefficient (Wildman–Crippen LogP) is 2.31. The van der Waals surface area contributed by atoms with Gasteiger partial charge in [0.1, 0.15) is 0 Å². The average Bonchev–Trinajstić information content (AvgIpc) is 2.60. The lowest BCUT2D eigenvalue weighted by molar-refractivity contribution is 0.172. The van der Waals surface area contributed by atoms with Crippen LogP contribution in [0.1, 0.15) is 32.6 Å². The van der Waals surface area contributed by atoms with Crippen molar-refractivity contribution in [3.63, 3.8) is 0 Å². The van der Waals surface area contributed by atoms with Crippen LogP contribution in [0.5, 0.6) is 0 Å². The Kier molecular flexibility index (Phi) is 3.33. The van der Waals surface area contributed by atoms with Gasteiger partial charge in [0.05, 0.1) is 0 Å². The molecule has 0 N–H and O–H groups in total. The molecule has 0 aromatic rings. The van der Waals surface area contributed by atoms with Gasteiger partial charge in [-0.25, -0.2) is 0 Å². The molecule has 0 amide bonds. The van der Waals surface area contributed by atoms with E-state index in [0.29, 0.717) is 5.41 Å². The molecule has 2 aliphatic rings. The van der Waals surface area contributed by atoms with Crippen molar-refractivity contribution < 1.29 is 0 Å². The third-order valence-corrected chi connectivity index (χ3v) is 3.83. The molecule has 1 saturated carbocycles. The summed E-state index contributed by atoms with van der Waals surface area (Å²) in [7, 11) is 2.20. The Balaban J connectivity index is 2.18. The van der Waals surface area contributed by atoms with Gasteiger partial charge in [-0.3, -0.25) is 9.91 Å². The van der Waals surface area contributed by atoms with E-state index in [0.717, 1.165) is 18.8 Å². The van der Waals surface area contributed by atoms with Gasteiger partial charge in [-0.1, -0.05) is 19.4 Å². The Hall–Kier alpha value is -0.830. The topological polar surface area (TPSA) is 18.8 Å². The molecule has 1 spiro atoms. The van der Waals surface area contributed by atoms with Crippen LogP contribution in [0.4, 0.5) is 0 Å². The van der Waals surface area contributed by atoms with Crippen LogP contribution in [0.25, 0.3) is 0 Å². The van der Waals surface area contributed by atoms with E-state index in [2.05, 4.69) is 28.6 Å². The lowest BCUT2D eigenvalue weighted by atomic mass is 9.86. The van der Waals surface area contributed by atoms with Crippen LogP contribution >= 0.6 is 0 Å². The predicted molar refractivity (Wildman–Crippen MR) is 68.4 cm³/mol. The molecule has 0 atom stereocenters. The second-order valence-electron chi connectivity index (χ2n) is 5.38. The minimum absolute atomic E-state index is 0.459. The Morgan fingerprint density at radius 1 is 1.31 bits per heavy atom. The maximum atomic E-state index is 4.46. The molecule has 0 aromatic heterocycles. The van der Waals surface area contributed by atoms with E-state index in [-0.39, 0.29) is 0 Å². The Labute approximate surface area is 98.8 Å². The number of hydrazone groups is 1. The minimum Gasteiger partial charge on any atom is -0.300 e. The van der Waals surface area contributed by atoms with Crippen LogP contribution in [0, 0.1) is 5.41 Å². The van der Waals surface area contributed by atoms with E-state index in [9.17, 15) is 0 Å². The van der Waals surface area contributed by atoms with Crippen molar-refractivity contribution in [1.82, 2.24) is 9.91 Å². The van der Waals surface area contributed by atoms with Crippen molar-refractivity contribution in [2.24, 2.45) is 10.5 Å². The zero-order valence-corrected chi connectivity index (χ0v) is 10.6. The zero-order valence-electron chi connectivity index (χ0n) is 10.6. The maximum absolute atomic E-state index is 4.46. The van der Waals surface area contributed by atoms with E-state index in [1.54, 1.807) is 0 Å². The normalized spacial score (nSPS) is 26.9. The number of likely N-dealkylation sites (N-methyl/N-ethyl adjacent to an activating group) is 1.